The smallest absolute Gasteiger partial charge is 0.119 e. The Kier molecular flexibility index (Phi) is 6.21. The predicted molar refractivity (Wildman–Crippen MR) is 72.0 cm³/mol. The maximum absolute atomic E-state index is 5.96. The number of terminal acetylenes is 1. The van der Waals surface area contributed by atoms with E-state index in [-0.39, 0.29) is 6.04 Å². The van der Waals surface area contributed by atoms with Crippen molar-refractivity contribution >= 4 is 0 Å². The monoisotopic (exact) mass is 231 g/mol. The van der Waals surface area contributed by atoms with Crippen molar-refractivity contribution in [1.82, 2.24) is 0 Å². The van der Waals surface area contributed by atoms with Crippen LogP contribution in [0, 0.1) is 19.3 Å². The molecule has 0 aliphatic rings. The van der Waals surface area contributed by atoms with Gasteiger partial charge >= 0.3 is 0 Å². The highest BCUT2D eigenvalue weighted by molar-refractivity contribution is 5.27. The van der Waals surface area contributed by atoms with Gasteiger partial charge in [0, 0.05) is 12.5 Å². The largest absolute Gasteiger partial charge is 0.494 e. The topological polar surface area (TPSA) is 35.2 Å². The third-order valence-electron chi connectivity index (χ3n) is 2.64. The van der Waals surface area contributed by atoms with Crippen molar-refractivity contribution in [3.05, 3.63) is 29.8 Å². The fourth-order valence-corrected chi connectivity index (χ4v) is 1.64. The lowest BCUT2D eigenvalue weighted by Crippen LogP contribution is -2.22. The normalized spacial score (nSPS) is 11.8. The summed E-state index contributed by atoms with van der Waals surface area (Å²) < 4.78 is 5.64. The molecule has 17 heavy (non-hydrogen) atoms. The van der Waals surface area contributed by atoms with Gasteiger partial charge in [0.2, 0.25) is 0 Å². The van der Waals surface area contributed by atoms with Crippen LogP contribution in [0.5, 0.6) is 5.75 Å². The highest BCUT2D eigenvalue weighted by atomic mass is 16.5. The molecule has 0 fully saturated rings. The minimum Gasteiger partial charge on any atom is -0.494 e. The van der Waals surface area contributed by atoms with E-state index >= 15 is 0 Å². The summed E-state index contributed by atoms with van der Waals surface area (Å²) in [5.74, 6) is 3.54. The lowest BCUT2D eigenvalue weighted by atomic mass is 10.1. The summed E-state index contributed by atoms with van der Waals surface area (Å²) in [6.45, 7) is 2.72. The molecule has 0 heterocycles. The summed E-state index contributed by atoms with van der Waals surface area (Å²) >= 11 is 0. The van der Waals surface area contributed by atoms with Crippen LogP contribution in [0.15, 0.2) is 24.3 Å². The lowest BCUT2D eigenvalue weighted by Gasteiger charge is -2.12. The molecule has 0 saturated carbocycles. The van der Waals surface area contributed by atoms with Crippen molar-refractivity contribution in [2.24, 2.45) is 5.73 Å². The molecule has 0 aliphatic heterocycles. The maximum atomic E-state index is 5.96. The first kappa shape index (κ1) is 13.6. The Hall–Kier alpha value is -1.46. The Labute approximate surface area is 104 Å². The third kappa shape index (κ3) is 5.99. The molecule has 0 amide bonds. The molecule has 1 unspecified atom stereocenters. The van der Waals surface area contributed by atoms with Gasteiger partial charge < -0.3 is 10.5 Å². The Balaban J connectivity index is 2.17. The van der Waals surface area contributed by atoms with Gasteiger partial charge in [-0.25, -0.2) is 0 Å². The van der Waals surface area contributed by atoms with Crippen molar-refractivity contribution < 1.29 is 4.74 Å². The number of aryl methyl sites for hydroxylation is 1. The zero-order valence-corrected chi connectivity index (χ0v) is 10.5. The van der Waals surface area contributed by atoms with Crippen molar-refractivity contribution in [2.45, 2.75) is 38.6 Å². The fourth-order valence-electron chi connectivity index (χ4n) is 1.64. The molecule has 1 aromatic rings. The molecule has 0 bridgehead atoms. The van der Waals surface area contributed by atoms with E-state index in [1.807, 2.05) is 18.2 Å². The van der Waals surface area contributed by atoms with Crippen molar-refractivity contribution in [3.8, 4) is 18.1 Å². The summed E-state index contributed by atoms with van der Waals surface area (Å²) in [5.41, 5.74) is 7.17. The fraction of sp³-hybridized carbons (Fsp3) is 0.467. The van der Waals surface area contributed by atoms with Gasteiger partial charge in [0.05, 0.1) is 6.61 Å². The summed E-state index contributed by atoms with van der Waals surface area (Å²) in [6.07, 6.45) is 8.85. The number of ether oxygens (including phenoxy) is 1. The molecule has 1 rings (SSSR count). The highest BCUT2D eigenvalue weighted by Crippen LogP contribution is 2.13. The average Bonchev–Trinajstić information content (AvgIpc) is 2.29. The SMILES string of the molecule is C#CCCCC(N)CCOc1cccc(C)c1. The number of benzene rings is 1. The second kappa shape index (κ2) is 7.76. The summed E-state index contributed by atoms with van der Waals surface area (Å²) in [6, 6.07) is 8.24. The van der Waals surface area contributed by atoms with Crippen molar-refractivity contribution in [2.75, 3.05) is 6.61 Å². The van der Waals surface area contributed by atoms with Crippen LogP contribution < -0.4 is 10.5 Å². The molecule has 1 aromatic carbocycles. The standard InChI is InChI=1S/C15H21NO/c1-3-4-5-8-14(16)10-11-17-15-9-6-7-13(2)12-15/h1,6-7,9,12,14H,4-5,8,10-11,16H2,2H3. The molecule has 2 nitrogen and oxygen atoms in total. The second-order valence-corrected chi connectivity index (χ2v) is 4.31. The van der Waals surface area contributed by atoms with E-state index in [2.05, 4.69) is 18.9 Å². The highest BCUT2D eigenvalue weighted by Gasteiger charge is 2.02. The van der Waals surface area contributed by atoms with Crippen LogP contribution in [0.2, 0.25) is 0 Å². The Bertz CT molecular complexity index is 367. The molecule has 0 aliphatic carbocycles. The first-order chi connectivity index (χ1) is 8.22. The number of nitrogens with two attached hydrogens (primary N) is 1. The Morgan fingerprint density at radius 3 is 2.94 bits per heavy atom. The zero-order valence-electron chi connectivity index (χ0n) is 10.5. The van der Waals surface area contributed by atoms with Gasteiger partial charge in [0.1, 0.15) is 5.75 Å². The van der Waals surface area contributed by atoms with Crippen molar-refractivity contribution in [1.29, 1.82) is 0 Å². The van der Waals surface area contributed by atoms with Crippen LogP contribution in [0.4, 0.5) is 0 Å². The molecule has 1 atom stereocenters. The first-order valence-corrected chi connectivity index (χ1v) is 6.11. The minimum atomic E-state index is 0.188. The zero-order chi connectivity index (χ0) is 12.5. The minimum absolute atomic E-state index is 0.188. The molecular formula is C15H21NO. The van der Waals surface area contributed by atoms with Crippen LogP contribution >= 0.6 is 0 Å². The van der Waals surface area contributed by atoms with E-state index in [1.165, 1.54) is 5.56 Å². The summed E-state index contributed by atoms with van der Waals surface area (Å²) in [5, 5.41) is 0. The van der Waals surface area contributed by atoms with Gasteiger partial charge in [0.15, 0.2) is 0 Å². The van der Waals surface area contributed by atoms with E-state index < -0.39 is 0 Å². The quantitative estimate of drug-likeness (QED) is 0.578. The predicted octanol–water partition coefficient (Wildman–Crippen LogP) is 2.89. The van der Waals surface area contributed by atoms with Gasteiger partial charge in [0.25, 0.3) is 0 Å². The number of hydrogen-bond acceptors (Lipinski definition) is 2. The van der Waals surface area contributed by atoms with E-state index in [4.69, 9.17) is 16.9 Å². The average molecular weight is 231 g/mol. The molecule has 92 valence electrons. The van der Waals surface area contributed by atoms with E-state index in [0.717, 1.165) is 31.4 Å². The summed E-state index contributed by atoms with van der Waals surface area (Å²) in [4.78, 5) is 0. The van der Waals surface area contributed by atoms with Crippen LogP contribution in [0.25, 0.3) is 0 Å². The van der Waals surface area contributed by atoms with Gasteiger partial charge in [-0.3, -0.25) is 0 Å². The van der Waals surface area contributed by atoms with Crippen LogP contribution in [0.1, 0.15) is 31.2 Å². The first-order valence-electron chi connectivity index (χ1n) is 6.11. The molecule has 0 radical (unpaired) electrons. The number of unbranched alkanes of at least 4 members (excludes halogenated alkanes) is 1. The number of hydrogen-bond donors (Lipinski definition) is 1. The lowest BCUT2D eigenvalue weighted by molar-refractivity contribution is 0.293. The summed E-state index contributed by atoms with van der Waals surface area (Å²) in [7, 11) is 0. The van der Waals surface area contributed by atoms with Crippen molar-refractivity contribution in [3.63, 3.8) is 0 Å². The van der Waals surface area contributed by atoms with E-state index in [9.17, 15) is 0 Å². The second-order valence-electron chi connectivity index (χ2n) is 4.31. The molecule has 0 spiro atoms. The van der Waals surface area contributed by atoms with Gasteiger partial charge in [-0.15, -0.1) is 12.3 Å². The van der Waals surface area contributed by atoms with Crippen LogP contribution in [-0.4, -0.2) is 12.6 Å². The Morgan fingerprint density at radius 1 is 1.41 bits per heavy atom. The van der Waals surface area contributed by atoms with Gasteiger partial charge in [-0.2, -0.15) is 0 Å². The molecule has 2 heteroatoms. The van der Waals surface area contributed by atoms with E-state index in [1.54, 1.807) is 0 Å². The van der Waals surface area contributed by atoms with Crippen LogP contribution in [0.3, 0.4) is 0 Å². The molecule has 0 saturated heterocycles. The van der Waals surface area contributed by atoms with Gasteiger partial charge in [-0.1, -0.05) is 12.1 Å². The third-order valence-corrected chi connectivity index (χ3v) is 2.64. The molecule has 0 aromatic heterocycles. The maximum Gasteiger partial charge on any atom is 0.119 e. The molecular weight excluding hydrogens is 210 g/mol. The van der Waals surface area contributed by atoms with E-state index in [0.29, 0.717) is 6.61 Å². The molecule has 2 N–H and O–H groups in total. The van der Waals surface area contributed by atoms with Gasteiger partial charge in [-0.05, 0) is 43.9 Å². The Morgan fingerprint density at radius 2 is 2.24 bits per heavy atom. The number of rotatable bonds is 7. The van der Waals surface area contributed by atoms with Crippen LogP contribution in [-0.2, 0) is 0 Å².